The first kappa shape index (κ1) is 16.4. The molecule has 1 amide bonds. The lowest BCUT2D eigenvalue weighted by Gasteiger charge is -2.04. The molecule has 0 aliphatic carbocycles. The second-order valence-corrected chi connectivity index (χ2v) is 6.75. The van der Waals surface area contributed by atoms with Crippen molar-refractivity contribution >= 4 is 28.3 Å². The van der Waals surface area contributed by atoms with Crippen molar-refractivity contribution in [3.8, 4) is 0 Å². The van der Waals surface area contributed by atoms with E-state index in [9.17, 15) is 9.18 Å². The van der Waals surface area contributed by atoms with Crippen molar-refractivity contribution < 1.29 is 9.18 Å². The lowest BCUT2D eigenvalue weighted by atomic mass is 10.2. The summed E-state index contributed by atoms with van der Waals surface area (Å²) in [5, 5.41) is 1.83. The molecular formula is C19H15FN4OS. The Bertz CT molecular complexity index is 1170. The van der Waals surface area contributed by atoms with Gasteiger partial charge in [0.1, 0.15) is 5.82 Å². The van der Waals surface area contributed by atoms with E-state index in [1.807, 2.05) is 23.1 Å². The Morgan fingerprint density at radius 2 is 2.12 bits per heavy atom. The number of aromatic nitrogens is 3. The number of amides is 1. The molecule has 130 valence electrons. The molecule has 4 rings (SSSR count). The third-order valence-electron chi connectivity index (χ3n) is 4.13. The van der Waals surface area contributed by atoms with Crippen molar-refractivity contribution in [1.82, 2.24) is 14.1 Å². The summed E-state index contributed by atoms with van der Waals surface area (Å²) < 4.78 is 17.5. The minimum absolute atomic E-state index is 0.274. The topological polar surface area (TPSA) is 52.2 Å². The average molecular weight is 366 g/mol. The summed E-state index contributed by atoms with van der Waals surface area (Å²) in [4.78, 5) is 21.6. The number of carbonyl (C=O) groups is 1. The van der Waals surface area contributed by atoms with Gasteiger partial charge in [-0.2, -0.15) is 4.99 Å². The number of halogens is 1. The van der Waals surface area contributed by atoms with Gasteiger partial charge >= 0.3 is 0 Å². The van der Waals surface area contributed by atoms with Gasteiger partial charge in [-0.05, 0) is 24.3 Å². The summed E-state index contributed by atoms with van der Waals surface area (Å²) in [5.74, 6) is -0.619. The Hall–Kier alpha value is -3.06. The number of carbonyl (C=O) groups excluding carboxylic acids is 1. The number of benzene rings is 2. The fraction of sp³-hybridized carbons (Fsp3) is 0.105. The van der Waals surface area contributed by atoms with Crippen molar-refractivity contribution in [2.24, 2.45) is 12.0 Å². The first-order chi connectivity index (χ1) is 12.6. The van der Waals surface area contributed by atoms with E-state index in [1.54, 1.807) is 47.4 Å². The van der Waals surface area contributed by atoms with Gasteiger partial charge in [-0.25, -0.2) is 9.37 Å². The summed E-state index contributed by atoms with van der Waals surface area (Å²) in [5.41, 5.74) is 2.72. The third kappa shape index (κ3) is 3.09. The molecule has 0 fully saturated rings. The first-order valence-corrected chi connectivity index (χ1v) is 8.87. The Morgan fingerprint density at radius 3 is 2.96 bits per heavy atom. The van der Waals surface area contributed by atoms with Crippen LogP contribution in [-0.2, 0) is 13.6 Å². The largest absolute Gasteiger partial charge is 0.334 e. The van der Waals surface area contributed by atoms with Crippen molar-refractivity contribution in [1.29, 1.82) is 0 Å². The van der Waals surface area contributed by atoms with Gasteiger partial charge < -0.3 is 9.13 Å². The summed E-state index contributed by atoms with van der Waals surface area (Å²) in [6, 6.07) is 11.9. The summed E-state index contributed by atoms with van der Waals surface area (Å²) in [6.07, 6.45) is 3.50. The molecule has 0 spiro atoms. The maximum absolute atomic E-state index is 13.9. The summed E-state index contributed by atoms with van der Waals surface area (Å²) >= 11 is 1.34. The molecule has 0 bridgehead atoms. The fourth-order valence-corrected chi connectivity index (χ4v) is 3.46. The quantitative estimate of drug-likeness (QED) is 0.558. The molecule has 2 aromatic carbocycles. The number of fused-ring (bicyclic) bond motifs is 1. The van der Waals surface area contributed by atoms with E-state index >= 15 is 0 Å². The highest BCUT2D eigenvalue weighted by Gasteiger charge is 2.09. The highest BCUT2D eigenvalue weighted by molar-refractivity contribution is 7.07. The lowest BCUT2D eigenvalue weighted by molar-refractivity contribution is 0.0998. The molecule has 0 aliphatic rings. The van der Waals surface area contributed by atoms with Crippen LogP contribution in [0.3, 0.4) is 0 Å². The SMILES string of the molecule is Cn1cnc2cc(C(=O)N=c3sccn3Cc3ccccc3F)ccc21. The first-order valence-electron chi connectivity index (χ1n) is 7.99. The van der Waals surface area contributed by atoms with Crippen LogP contribution >= 0.6 is 11.3 Å². The number of rotatable bonds is 3. The normalized spacial score (nSPS) is 12.0. The number of thiazole rings is 1. The second-order valence-electron chi connectivity index (χ2n) is 5.88. The Kier molecular flexibility index (Phi) is 4.22. The monoisotopic (exact) mass is 366 g/mol. The van der Waals surface area contributed by atoms with Crippen molar-refractivity contribution in [3.05, 3.63) is 82.1 Å². The number of aryl methyl sites for hydroxylation is 1. The number of hydrogen-bond acceptors (Lipinski definition) is 3. The molecule has 0 saturated heterocycles. The minimum Gasteiger partial charge on any atom is -0.334 e. The van der Waals surface area contributed by atoms with Crippen molar-refractivity contribution in [3.63, 3.8) is 0 Å². The molecule has 7 heteroatoms. The molecule has 2 aromatic heterocycles. The molecular weight excluding hydrogens is 351 g/mol. The molecule has 0 atom stereocenters. The lowest BCUT2D eigenvalue weighted by Crippen LogP contribution is -2.17. The number of hydrogen-bond donors (Lipinski definition) is 0. The molecule has 2 heterocycles. The van der Waals surface area contributed by atoms with Gasteiger partial charge in [0.2, 0.25) is 0 Å². The van der Waals surface area contributed by atoms with Gasteiger partial charge in [-0.3, -0.25) is 4.79 Å². The summed E-state index contributed by atoms with van der Waals surface area (Å²) in [6.45, 7) is 0.321. The van der Waals surface area contributed by atoms with Gasteiger partial charge in [0.25, 0.3) is 5.91 Å². The highest BCUT2D eigenvalue weighted by Crippen LogP contribution is 2.14. The second kappa shape index (κ2) is 6.68. The van der Waals surface area contributed by atoms with Crippen molar-refractivity contribution in [2.45, 2.75) is 6.54 Å². The van der Waals surface area contributed by atoms with Gasteiger partial charge in [-0.15, -0.1) is 11.3 Å². The van der Waals surface area contributed by atoms with Crippen LogP contribution in [0.25, 0.3) is 11.0 Å². The standard InChI is InChI=1S/C19H15FN4OS/c1-23-12-21-16-10-13(6-7-17(16)23)18(25)22-19-24(8-9-26-19)11-14-4-2-3-5-15(14)20/h2-10,12H,11H2,1H3. The Labute approximate surface area is 152 Å². The molecule has 0 unspecified atom stereocenters. The zero-order valence-corrected chi connectivity index (χ0v) is 14.8. The zero-order chi connectivity index (χ0) is 18.1. The van der Waals surface area contributed by atoms with Crippen molar-refractivity contribution in [2.75, 3.05) is 0 Å². The third-order valence-corrected chi connectivity index (χ3v) is 4.92. The molecule has 0 saturated carbocycles. The minimum atomic E-state index is -0.345. The summed E-state index contributed by atoms with van der Waals surface area (Å²) in [7, 11) is 1.90. The predicted molar refractivity (Wildman–Crippen MR) is 98.4 cm³/mol. The molecule has 5 nitrogen and oxygen atoms in total. The van der Waals surface area contributed by atoms with Crippen LogP contribution in [0.2, 0.25) is 0 Å². The van der Waals surface area contributed by atoms with Crippen LogP contribution in [0, 0.1) is 5.82 Å². The smallest absolute Gasteiger partial charge is 0.279 e. The fourth-order valence-electron chi connectivity index (χ4n) is 2.74. The molecule has 26 heavy (non-hydrogen) atoms. The van der Waals surface area contributed by atoms with E-state index in [0.717, 1.165) is 11.0 Å². The van der Waals surface area contributed by atoms with E-state index in [1.165, 1.54) is 17.4 Å². The Balaban J connectivity index is 1.66. The van der Waals surface area contributed by atoms with Gasteiger partial charge in [-0.1, -0.05) is 18.2 Å². The van der Waals surface area contributed by atoms with E-state index in [-0.39, 0.29) is 11.7 Å². The van der Waals surface area contributed by atoms with Gasteiger partial charge in [0.15, 0.2) is 4.80 Å². The van der Waals surface area contributed by atoms with Gasteiger partial charge in [0, 0.05) is 29.8 Å². The van der Waals surface area contributed by atoms with Gasteiger partial charge in [0.05, 0.1) is 23.9 Å². The molecule has 0 radical (unpaired) electrons. The van der Waals surface area contributed by atoms with E-state index < -0.39 is 0 Å². The number of nitrogens with zero attached hydrogens (tertiary/aromatic N) is 4. The number of imidazole rings is 1. The zero-order valence-electron chi connectivity index (χ0n) is 14.0. The van der Waals surface area contributed by atoms with Crippen LogP contribution in [0.1, 0.15) is 15.9 Å². The van der Waals surface area contributed by atoms with E-state index in [0.29, 0.717) is 22.5 Å². The average Bonchev–Trinajstić information content (AvgIpc) is 3.23. The van der Waals surface area contributed by atoms with Crippen LogP contribution in [0.4, 0.5) is 4.39 Å². The molecule has 0 aliphatic heterocycles. The van der Waals surface area contributed by atoms with Crippen LogP contribution in [0.15, 0.2) is 65.4 Å². The van der Waals surface area contributed by atoms with Crippen LogP contribution in [-0.4, -0.2) is 20.0 Å². The maximum Gasteiger partial charge on any atom is 0.279 e. The maximum atomic E-state index is 13.9. The van der Waals surface area contributed by atoms with Crippen LogP contribution in [0.5, 0.6) is 0 Å². The molecule has 0 N–H and O–H groups in total. The van der Waals surface area contributed by atoms with Crippen LogP contribution < -0.4 is 4.80 Å². The molecule has 4 aromatic rings. The van der Waals surface area contributed by atoms with E-state index in [4.69, 9.17) is 0 Å². The van der Waals surface area contributed by atoms with E-state index in [2.05, 4.69) is 9.98 Å². The predicted octanol–water partition coefficient (Wildman–Crippen LogP) is 3.36. The highest BCUT2D eigenvalue weighted by atomic mass is 32.1. The Morgan fingerprint density at radius 1 is 1.27 bits per heavy atom.